The highest BCUT2D eigenvalue weighted by molar-refractivity contribution is 5.73. The van der Waals surface area contributed by atoms with Gasteiger partial charge in [-0.15, -0.1) is 0 Å². The van der Waals surface area contributed by atoms with E-state index < -0.39 is 6.03 Å². The minimum absolute atomic E-state index is 0.545. The molecular weight excluding hydrogens is 130 g/mol. The Morgan fingerprint density at radius 2 is 2.30 bits per heavy atom. The van der Waals surface area contributed by atoms with Gasteiger partial charge < -0.3 is 5.73 Å². The Balaban J connectivity index is 3.10. The molecule has 0 bridgehead atoms. The summed E-state index contributed by atoms with van der Waals surface area (Å²) in [5.41, 5.74) is 6.76. The zero-order chi connectivity index (χ0) is 7.72. The minimum atomic E-state index is -0.545. The zero-order valence-electron chi connectivity index (χ0n) is 5.96. The Morgan fingerprint density at radius 1 is 1.70 bits per heavy atom. The van der Waals surface area contributed by atoms with Crippen LogP contribution in [0.3, 0.4) is 0 Å². The maximum Gasteiger partial charge on any atom is 0.339 e. The molecule has 2 N–H and O–H groups in total. The monoisotopic (exact) mass is 139 g/mol. The van der Waals surface area contributed by atoms with E-state index in [1.165, 1.54) is 0 Å². The molecule has 10 heavy (non-hydrogen) atoms. The molecule has 4 heteroatoms. The van der Waals surface area contributed by atoms with Gasteiger partial charge in [0.05, 0.1) is 5.69 Å². The van der Waals surface area contributed by atoms with E-state index in [0.717, 1.165) is 15.9 Å². The van der Waals surface area contributed by atoms with Gasteiger partial charge >= 0.3 is 6.03 Å². The molecule has 0 radical (unpaired) electrons. The highest BCUT2D eigenvalue weighted by Crippen LogP contribution is 2.00. The fourth-order valence-electron chi connectivity index (χ4n) is 0.659. The van der Waals surface area contributed by atoms with Crippen LogP contribution in [0, 0.1) is 13.8 Å². The Hall–Kier alpha value is -1.32. The average molecular weight is 139 g/mol. The molecule has 0 saturated carbocycles. The number of amides is 1. The van der Waals surface area contributed by atoms with Crippen LogP contribution < -0.4 is 5.73 Å². The van der Waals surface area contributed by atoms with Crippen molar-refractivity contribution in [3.63, 3.8) is 0 Å². The van der Waals surface area contributed by atoms with Gasteiger partial charge in [-0.1, -0.05) is 0 Å². The summed E-state index contributed by atoms with van der Waals surface area (Å²) >= 11 is 0. The maximum absolute atomic E-state index is 10.5. The summed E-state index contributed by atoms with van der Waals surface area (Å²) in [4.78, 5) is 10.5. The van der Waals surface area contributed by atoms with Gasteiger partial charge in [-0.05, 0) is 19.4 Å². The Labute approximate surface area is 58.6 Å². The Morgan fingerprint density at radius 3 is 2.50 bits per heavy atom. The third-order valence-electron chi connectivity index (χ3n) is 1.37. The average Bonchev–Trinajstić information content (AvgIpc) is 2.13. The van der Waals surface area contributed by atoms with Gasteiger partial charge in [0.15, 0.2) is 0 Å². The molecule has 0 fully saturated rings. The first-order chi connectivity index (χ1) is 4.61. The Bertz CT molecular complexity index is 244. The number of aromatic nitrogens is 2. The van der Waals surface area contributed by atoms with Crippen LogP contribution in [-0.2, 0) is 0 Å². The largest absolute Gasteiger partial charge is 0.350 e. The number of hydrogen-bond acceptors (Lipinski definition) is 2. The number of rotatable bonds is 0. The molecule has 0 spiro atoms. The van der Waals surface area contributed by atoms with Crippen LogP contribution in [-0.4, -0.2) is 15.8 Å². The van der Waals surface area contributed by atoms with E-state index in [4.69, 9.17) is 5.73 Å². The molecule has 54 valence electrons. The number of hydrogen-bond donors (Lipinski definition) is 1. The lowest BCUT2D eigenvalue weighted by atomic mass is 10.3. The van der Waals surface area contributed by atoms with Crippen molar-refractivity contribution in [3.05, 3.63) is 17.5 Å². The molecule has 0 atom stereocenters. The molecule has 0 aliphatic carbocycles. The number of carbonyl (C=O) groups is 1. The molecule has 0 aromatic carbocycles. The molecule has 0 aliphatic rings. The molecule has 1 amide bonds. The fourth-order valence-corrected chi connectivity index (χ4v) is 0.659. The molecule has 1 rings (SSSR count). The standard InChI is InChI=1S/C6H9N3O/c1-4-3-9(6(7)10)8-5(4)2/h3H,1-2H3,(H2,7,10). The lowest BCUT2D eigenvalue weighted by Crippen LogP contribution is -2.19. The quantitative estimate of drug-likeness (QED) is 0.566. The van der Waals surface area contributed by atoms with Gasteiger partial charge in [-0.25, -0.2) is 4.79 Å². The molecule has 0 aliphatic heterocycles. The number of carbonyl (C=O) groups excluding carboxylic acids is 1. The van der Waals surface area contributed by atoms with E-state index in [0.29, 0.717) is 0 Å². The second-order valence-corrected chi connectivity index (χ2v) is 2.18. The number of aryl methyl sites for hydroxylation is 2. The smallest absolute Gasteiger partial charge is 0.339 e. The van der Waals surface area contributed by atoms with Crippen molar-refractivity contribution in [2.75, 3.05) is 0 Å². The van der Waals surface area contributed by atoms with Gasteiger partial charge in [-0.3, -0.25) is 0 Å². The summed E-state index contributed by atoms with van der Waals surface area (Å²) < 4.78 is 1.13. The number of primary amides is 1. The zero-order valence-corrected chi connectivity index (χ0v) is 5.96. The third kappa shape index (κ3) is 1.00. The molecule has 1 aromatic heterocycles. The first-order valence-corrected chi connectivity index (χ1v) is 2.94. The lowest BCUT2D eigenvalue weighted by molar-refractivity contribution is 0.247. The second kappa shape index (κ2) is 2.13. The van der Waals surface area contributed by atoms with E-state index in [-0.39, 0.29) is 0 Å². The predicted octanol–water partition coefficient (Wildman–Crippen LogP) is 0.427. The van der Waals surface area contributed by atoms with Crippen molar-refractivity contribution in [1.82, 2.24) is 9.78 Å². The van der Waals surface area contributed by atoms with Crippen LogP contribution in [0.15, 0.2) is 6.20 Å². The number of nitrogens with zero attached hydrogens (tertiary/aromatic N) is 2. The van der Waals surface area contributed by atoms with Gasteiger partial charge in [-0.2, -0.15) is 9.78 Å². The first kappa shape index (κ1) is 6.80. The highest BCUT2D eigenvalue weighted by atomic mass is 16.2. The van der Waals surface area contributed by atoms with E-state index in [2.05, 4.69) is 5.10 Å². The Kier molecular flexibility index (Phi) is 1.45. The first-order valence-electron chi connectivity index (χ1n) is 2.94. The third-order valence-corrected chi connectivity index (χ3v) is 1.37. The van der Waals surface area contributed by atoms with E-state index >= 15 is 0 Å². The molecule has 1 heterocycles. The molecule has 0 unspecified atom stereocenters. The molecular formula is C6H9N3O. The SMILES string of the molecule is Cc1cn(C(N)=O)nc1C. The topological polar surface area (TPSA) is 60.9 Å². The molecule has 1 aromatic rings. The predicted molar refractivity (Wildman–Crippen MR) is 36.7 cm³/mol. The van der Waals surface area contributed by atoms with Crippen molar-refractivity contribution in [2.45, 2.75) is 13.8 Å². The summed E-state index contributed by atoms with van der Waals surface area (Å²) in [6.07, 6.45) is 1.61. The molecule has 0 saturated heterocycles. The van der Waals surface area contributed by atoms with Crippen LogP contribution in [0.25, 0.3) is 0 Å². The summed E-state index contributed by atoms with van der Waals surface area (Å²) in [5, 5.41) is 3.85. The van der Waals surface area contributed by atoms with Crippen molar-refractivity contribution < 1.29 is 4.79 Å². The van der Waals surface area contributed by atoms with E-state index in [1.807, 2.05) is 13.8 Å². The summed E-state index contributed by atoms with van der Waals surface area (Å²) in [7, 11) is 0. The van der Waals surface area contributed by atoms with Crippen molar-refractivity contribution in [1.29, 1.82) is 0 Å². The summed E-state index contributed by atoms with van der Waals surface area (Å²) in [6, 6.07) is -0.545. The second-order valence-electron chi connectivity index (χ2n) is 2.18. The number of nitrogens with two attached hydrogens (primary N) is 1. The fraction of sp³-hybridized carbons (Fsp3) is 0.333. The van der Waals surface area contributed by atoms with Crippen molar-refractivity contribution in [2.24, 2.45) is 5.73 Å². The lowest BCUT2D eigenvalue weighted by Gasteiger charge is -1.88. The van der Waals surface area contributed by atoms with Crippen LogP contribution in [0.1, 0.15) is 11.3 Å². The van der Waals surface area contributed by atoms with E-state index in [1.54, 1.807) is 6.20 Å². The highest BCUT2D eigenvalue weighted by Gasteiger charge is 2.02. The van der Waals surface area contributed by atoms with Crippen molar-refractivity contribution >= 4 is 6.03 Å². The van der Waals surface area contributed by atoms with Gasteiger partial charge in [0.25, 0.3) is 0 Å². The van der Waals surface area contributed by atoms with Crippen LogP contribution in [0.4, 0.5) is 4.79 Å². The van der Waals surface area contributed by atoms with Crippen LogP contribution >= 0.6 is 0 Å². The van der Waals surface area contributed by atoms with Gasteiger partial charge in [0, 0.05) is 6.20 Å². The maximum atomic E-state index is 10.5. The van der Waals surface area contributed by atoms with Gasteiger partial charge in [0.1, 0.15) is 0 Å². The summed E-state index contributed by atoms with van der Waals surface area (Å²) in [6.45, 7) is 3.70. The van der Waals surface area contributed by atoms with Crippen LogP contribution in [0.5, 0.6) is 0 Å². The minimum Gasteiger partial charge on any atom is -0.350 e. The van der Waals surface area contributed by atoms with Crippen LogP contribution in [0.2, 0.25) is 0 Å². The normalized spacial score (nSPS) is 9.80. The van der Waals surface area contributed by atoms with Crippen molar-refractivity contribution in [3.8, 4) is 0 Å². The molecule has 4 nitrogen and oxygen atoms in total. The van der Waals surface area contributed by atoms with E-state index in [9.17, 15) is 4.79 Å². The summed E-state index contributed by atoms with van der Waals surface area (Å²) in [5.74, 6) is 0. The van der Waals surface area contributed by atoms with Gasteiger partial charge in [0.2, 0.25) is 0 Å².